The van der Waals surface area contributed by atoms with E-state index in [4.69, 9.17) is 23.2 Å². The molecule has 0 atom stereocenters. The van der Waals surface area contributed by atoms with Crippen molar-refractivity contribution in [2.24, 2.45) is 0 Å². The zero-order valence-corrected chi connectivity index (χ0v) is 16.1. The number of rotatable bonds is 2. The van der Waals surface area contributed by atoms with Crippen molar-refractivity contribution in [2.45, 2.75) is 9.79 Å². The van der Waals surface area contributed by atoms with E-state index in [1.165, 1.54) is 9.79 Å². The maximum atomic E-state index is 5.81. The molecule has 0 saturated carbocycles. The number of benzene rings is 2. The minimum absolute atomic E-state index is 0. The third-order valence-electron chi connectivity index (χ3n) is 1.86. The quantitative estimate of drug-likeness (QED) is 0.666. The molecule has 0 radical (unpaired) electrons. The van der Waals surface area contributed by atoms with Gasteiger partial charge in [0.2, 0.25) is 0 Å². The van der Waals surface area contributed by atoms with E-state index in [-0.39, 0.29) is 62.0 Å². The molecule has 0 amide bonds. The van der Waals surface area contributed by atoms with Gasteiger partial charge in [0.1, 0.15) is 0 Å². The fourth-order valence-electron chi connectivity index (χ4n) is 1.14. The number of hydrogen-bond donors (Lipinski definition) is 0. The predicted molar refractivity (Wildman–Crippen MR) is 69.3 cm³/mol. The molecule has 0 aliphatic rings. The minimum atomic E-state index is 0. The molecule has 0 heterocycles. The van der Waals surface area contributed by atoms with E-state index in [9.17, 15) is 0 Å². The second-order valence-corrected chi connectivity index (χ2v) is 5.03. The molecule has 0 aromatic heterocycles. The normalized spacial score (nSPS) is 9.06. The zero-order valence-electron chi connectivity index (χ0n) is 11.8. The summed E-state index contributed by atoms with van der Waals surface area (Å²) in [6.07, 6.45) is 0. The van der Waals surface area contributed by atoms with Gasteiger partial charge in [-0.3, -0.25) is 0 Å². The molecule has 0 aliphatic carbocycles. The Morgan fingerprint density at radius 1 is 0.647 bits per heavy atom. The van der Waals surface area contributed by atoms with Gasteiger partial charge in [-0.05, 0) is 48.5 Å². The second-order valence-electron chi connectivity index (χ2n) is 3.01. The first-order valence-electron chi connectivity index (χ1n) is 4.43. The summed E-state index contributed by atoms with van der Waals surface area (Å²) in [7, 11) is 0. The van der Waals surface area contributed by atoms with Gasteiger partial charge in [0.15, 0.2) is 0 Å². The number of halogens is 2. The topological polar surface area (TPSA) is 0 Å². The van der Waals surface area contributed by atoms with Crippen LogP contribution in [0, 0.1) is 0 Å². The Morgan fingerprint density at radius 3 is 1.24 bits per heavy atom. The first-order valence-corrected chi connectivity index (χ1v) is 6.00. The van der Waals surface area contributed by atoms with Crippen LogP contribution in [0.5, 0.6) is 0 Å². The molecule has 2 rings (SSSR count). The average Bonchev–Trinajstić information content (AvgIpc) is 2.25. The van der Waals surface area contributed by atoms with E-state index in [2.05, 4.69) is 0 Å². The smallest absolute Gasteiger partial charge is 1.00 e. The molecule has 0 fully saturated rings. The molecule has 0 saturated heterocycles. The van der Waals surface area contributed by atoms with Crippen LogP contribution in [-0.4, -0.2) is 0 Å². The van der Waals surface area contributed by atoms with Crippen LogP contribution in [0.1, 0.15) is 2.85 Å². The van der Waals surface area contributed by atoms with Crippen molar-refractivity contribution in [2.75, 3.05) is 0 Å². The van der Waals surface area contributed by atoms with Crippen molar-refractivity contribution in [3.8, 4) is 0 Å². The second kappa shape index (κ2) is 9.30. The Kier molecular flexibility index (Phi) is 10.1. The molecule has 80 valence electrons. The van der Waals surface area contributed by atoms with Crippen molar-refractivity contribution in [3.05, 3.63) is 58.6 Å². The maximum Gasteiger partial charge on any atom is 1.00 e. The molecule has 0 aliphatic heterocycles. The third kappa shape index (κ3) is 6.38. The molecular weight excluding hydrogens is 293 g/mol. The van der Waals surface area contributed by atoms with Crippen molar-refractivity contribution in [3.63, 3.8) is 0 Å². The van der Waals surface area contributed by atoms with Crippen molar-refractivity contribution in [1.29, 1.82) is 0 Å². The van der Waals surface area contributed by atoms with Crippen molar-refractivity contribution < 1.29 is 62.0 Å². The SMILES string of the molecule is Clc1ccc(Sc2ccc(Cl)cc2)cc1.[H-].[H-].[Na+].[Na+]. The fraction of sp³-hybridized carbons (Fsp3) is 0. The molecule has 2 aromatic rings. The average molecular weight is 303 g/mol. The summed E-state index contributed by atoms with van der Waals surface area (Å²) < 4.78 is 0. The van der Waals surface area contributed by atoms with Gasteiger partial charge < -0.3 is 2.85 Å². The van der Waals surface area contributed by atoms with E-state index in [0.29, 0.717) is 0 Å². The van der Waals surface area contributed by atoms with Gasteiger partial charge >= 0.3 is 59.1 Å². The van der Waals surface area contributed by atoms with E-state index in [1.807, 2.05) is 48.5 Å². The Morgan fingerprint density at radius 2 is 0.941 bits per heavy atom. The molecule has 0 bridgehead atoms. The van der Waals surface area contributed by atoms with Crippen LogP contribution in [0.3, 0.4) is 0 Å². The van der Waals surface area contributed by atoms with Crippen LogP contribution < -0.4 is 59.1 Å². The summed E-state index contributed by atoms with van der Waals surface area (Å²) in [6.45, 7) is 0. The van der Waals surface area contributed by atoms with Crippen LogP contribution in [-0.2, 0) is 0 Å². The molecule has 0 N–H and O–H groups in total. The van der Waals surface area contributed by atoms with E-state index in [1.54, 1.807) is 11.8 Å². The zero-order chi connectivity index (χ0) is 10.7. The largest absolute Gasteiger partial charge is 1.00 e. The summed E-state index contributed by atoms with van der Waals surface area (Å²) in [6, 6.07) is 15.6. The van der Waals surface area contributed by atoms with Crippen molar-refractivity contribution >= 4 is 35.0 Å². The Hall–Kier alpha value is 1.37. The van der Waals surface area contributed by atoms with Gasteiger partial charge in [-0.25, -0.2) is 0 Å². The Bertz CT molecular complexity index is 409. The van der Waals surface area contributed by atoms with Gasteiger partial charge in [0.05, 0.1) is 0 Å². The molecule has 0 spiro atoms. The summed E-state index contributed by atoms with van der Waals surface area (Å²) in [5.74, 6) is 0. The molecule has 0 unspecified atom stereocenters. The van der Waals surface area contributed by atoms with Gasteiger partial charge in [-0.15, -0.1) is 0 Å². The maximum absolute atomic E-state index is 5.81. The van der Waals surface area contributed by atoms with E-state index < -0.39 is 0 Å². The first-order chi connectivity index (χ1) is 7.24. The molecule has 0 nitrogen and oxygen atoms in total. The monoisotopic (exact) mass is 302 g/mol. The molecular formula is C12H10Cl2Na2S. The predicted octanol–water partition coefficient (Wildman–Crippen LogP) is -0.622. The van der Waals surface area contributed by atoms with Crippen LogP contribution in [0.25, 0.3) is 0 Å². The van der Waals surface area contributed by atoms with Gasteiger partial charge in [-0.1, -0.05) is 35.0 Å². The van der Waals surface area contributed by atoms with E-state index in [0.717, 1.165) is 10.0 Å². The molecule has 5 heteroatoms. The van der Waals surface area contributed by atoms with Crippen LogP contribution in [0.2, 0.25) is 10.0 Å². The number of hydrogen-bond acceptors (Lipinski definition) is 1. The first kappa shape index (κ1) is 18.4. The Labute approximate surface area is 163 Å². The summed E-state index contributed by atoms with van der Waals surface area (Å²) in [4.78, 5) is 2.34. The standard InChI is InChI=1S/C12H8Cl2S.2Na.2H/c13-9-1-5-11(6-2-9)15-12-7-3-10(14)4-8-12;;;;/h1-8H;;;;/q;2*+1;2*-1. The summed E-state index contributed by atoms with van der Waals surface area (Å²) in [5.41, 5.74) is 0. The van der Waals surface area contributed by atoms with Gasteiger partial charge in [0.25, 0.3) is 0 Å². The van der Waals surface area contributed by atoms with Gasteiger partial charge in [-0.2, -0.15) is 0 Å². The van der Waals surface area contributed by atoms with Crippen LogP contribution >= 0.6 is 35.0 Å². The van der Waals surface area contributed by atoms with Crippen LogP contribution in [0.4, 0.5) is 0 Å². The molecule has 17 heavy (non-hydrogen) atoms. The van der Waals surface area contributed by atoms with E-state index >= 15 is 0 Å². The fourth-order valence-corrected chi connectivity index (χ4v) is 2.21. The molecule has 2 aromatic carbocycles. The van der Waals surface area contributed by atoms with Gasteiger partial charge in [0, 0.05) is 19.8 Å². The summed E-state index contributed by atoms with van der Waals surface area (Å²) in [5, 5.41) is 1.52. The van der Waals surface area contributed by atoms with Crippen molar-refractivity contribution in [1.82, 2.24) is 0 Å². The van der Waals surface area contributed by atoms with Crippen LogP contribution in [0.15, 0.2) is 58.3 Å². The third-order valence-corrected chi connectivity index (χ3v) is 3.38. The summed E-state index contributed by atoms with van der Waals surface area (Å²) >= 11 is 13.3. The Balaban J connectivity index is -0.000000640. The minimum Gasteiger partial charge on any atom is -1.00 e.